The van der Waals surface area contributed by atoms with Gasteiger partial charge in [0, 0.05) is 12.0 Å². The van der Waals surface area contributed by atoms with Crippen LogP contribution in [0.1, 0.15) is 17.5 Å². The Bertz CT molecular complexity index is 899. The van der Waals surface area contributed by atoms with Crippen LogP contribution in [0.4, 0.5) is 17.6 Å². The van der Waals surface area contributed by atoms with Crippen LogP contribution in [-0.4, -0.2) is 17.7 Å². The van der Waals surface area contributed by atoms with Gasteiger partial charge in [-0.25, -0.2) is 17.6 Å². The van der Waals surface area contributed by atoms with Crippen molar-refractivity contribution in [2.75, 3.05) is 6.61 Å². The van der Waals surface area contributed by atoms with Gasteiger partial charge in [-0.2, -0.15) is 0 Å². The summed E-state index contributed by atoms with van der Waals surface area (Å²) in [7, 11) is 0. The maximum absolute atomic E-state index is 14.1. The second kappa shape index (κ2) is 9.47. The second-order valence-electron chi connectivity index (χ2n) is 5.65. The highest BCUT2D eigenvalue weighted by Crippen LogP contribution is 2.27. The molecule has 2 aromatic carbocycles. The van der Waals surface area contributed by atoms with Crippen LogP contribution in [0.15, 0.2) is 35.2 Å². The molecule has 0 atom stereocenters. The summed E-state index contributed by atoms with van der Waals surface area (Å²) >= 11 is 0.632. The predicted octanol–water partition coefficient (Wildman–Crippen LogP) is 3.57. The Morgan fingerprint density at radius 1 is 1.04 bits per heavy atom. The van der Waals surface area contributed by atoms with Crippen molar-refractivity contribution in [3.8, 4) is 5.75 Å². The summed E-state index contributed by atoms with van der Waals surface area (Å²) in [6.07, 6.45) is -0.323. The molecule has 0 heterocycles. The van der Waals surface area contributed by atoms with E-state index in [1.54, 1.807) is 0 Å². The Balaban J connectivity index is 2.20. The van der Waals surface area contributed by atoms with E-state index >= 15 is 0 Å². The van der Waals surface area contributed by atoms with Crippen molar-refractivity contribution in [2.24, 2.45) is 10.9 Å². The first kappa shape index (κ1) is 21.6. The molecule has 0 unspecified atom stereocenters. The van der Waals surface area contributed by atoms with Crippen molar-refractivity contribution in [3.05, 3.63) is 69.6 Å². The summed E-state index contributed by atoms with van der Waals surface area (Å²) in [5.41, 5.74) is 6.12. The van der Waals surface area contributed by atoms with Crippen molar-refractivity contribution in [3.63, 3.8) is 0 Å². The largest absolute Gasteiger partial charge is 0.482 e. The molecule has 28 heavy (non-hydrogen) atoms. The Morgan fingerprint density at radius 3 is 2.21 bits per heavy atom. The molecule has 0 aromatic heterocycles. The molecule has 10 heteroatoms. The minimum absolute atomic E-state index is 0.0368. The molecule has 0 fully saturated rings. The molecule has 0 saturated carbocycles. The van der Waals surface area contributed by atoms with E-state index in [9.17, 15) is 22.4 Å². The van der Waals surface area contributed by atoms with Crippen molar-refractivity contribution < 1.29 is 32.2 Å². The van der Waals surface area contributed by atoms with Gasteiger partial charge in [0.05, 0.1) is 10.6 Å². The Morgan fingerprint density at radius 2 is 1.68 bits per heavy atom. The van der Waals surface area contributed by atoms with E-state index in [-0.39, 0.29) is 34.6 Å². The van der Waals surface area contributed by atoms with Crippen LogP contribution in [0.3, 0.4) is 0 Å². The van der Waals surface area contributed by atoms with E-state index in [0.29, 0.717) is 11.9 Å². The first-order valence-corrected chi connectivity index (χ1v) is 8.74. The number of rotatable bonds is 8. The number of halogens is 4. The number of nitrogens with two attached hydrogens (primary N) is 2. The summed E-state index contributed by atoms with van der Waals surface area (Å²) in [5, 5.41) is 14.1. The van der Waals surface area contributed by atoms with Crippen molar-refractivity contribution >= 4 is 23.6 Å². The summed E-state index contributed by atoms with van der Waals surface area (Å²) < 4.78 is 59.8. The van der Waals surface area contributed by atoms with Crippen molar-refractivity contribution in [1.29, 1.82) is 0 Å². The number of carbonyl (C=O) groups is 1. The predicted molar refractivity (Wildman–Crippen MR) is 97.1 cm³/mol. The van der Waals surface area contributed by atoms with Crippen LogP contribution in [-0.2, 0) is 11.2 Å². The third-order valence-corrected chi connectivity index (χ3v) is 4.33. The lowest BCUT2D eigenvalue weighted by Gasteiger charge is -2.13. The smallest absolute Gasteiger partial charge is 0.303 e. The molecule has 0 amide bonds. The number of hydrogen-bond acceptors (Lipinski definition) is 5. The number of aliphatic carboxylic acids is 1. The zero-order chi connectivity index (χ0) is 20.8. The maximum atomic E-state index is 14.1. The fourth-order valence-electron chi connectivity index (χ4n) is 2.28. The summed E-state index contributed by atoms with van der Waals surface area (Å²) in [6, 6.07) is 4.91. The van der Waals surface area contributed by atoms with Crippen molar-refractivity contribution in [2.45, 2.75) is 12.8 Å². The quantitative estimate of drug-likeness (QED) is 0.450. The van der Waals surface area contributed by atoms with Gasteiger partial charge in [-0.15, -0.1) is 0 Å². The Labute approximate surface area is 162 Å². The molecule has 5 nitrogen and oxygen atoms in total. The molecule has 2 aromatic rings. The van der Waals surface area contributed by atoms with Crippen LogP contribution in [0.2, 0.25) is 0 Å². The molecular weight excluding hydrogens is 400 g/mol. The van der Waals surface area contributed by atoms with Gasteiger partial charge in [-0.3, -0.25) is 9.93 Å². The van der Waals surface area contributed by atoms with E-state index in [1.165, 1.54) is 6.07 Å². The zero-order valence-corrected chi connectivity index (χ0v) is 15.2. The number of aryl methyl sites for hydroxylation is 1. The summed E-state index contributed by atoms with van der Waals surface area (Å²) in [6.45, 7) is -0.422. The standard InChI is InChI=1S/C18H16F4N2O3S/c19-11-3-2-10(7-12(11)20)17(23)15(28-24)8-27-18-13(21)5-9(6-14(18)22)1-4-16(25)26/h2-3,5-7H,1,4,8,23-24H2,(H,25,26)/b17-15-. The highest BCUT2D eigenvalue weighted by atomic mass is 32.2. The number of carboxylic acids is 1. The van der Waals surface area contributed by atoms with Gasteiger partial charge in [0.15, 0.2) is 29.0 Å². The molecule has 2 rings (SSSR count). The normalized spacial score (nSPS) is 11.9. The van der Waals surface area contributed by atoms with E-state index < -0.39 is 41.6 Å². The Kier molecular flexibility index (Phi) is 7.30. The van der Waals surface area contributed by atoms with E-state index in [2.05, 4.69) is 0 Å². The van der Waals surface area contributed by atoms with Gasteiger partial charge in [0.1, 0.15) is 6.61 Å². The second-order valence-corrected chi connectivity index (χ2v) is 6.38. The molecule has 0 aliphatic heterocycles. The maximum Gasteiger partial charge on any atom is 0.303 e. The number of benzene rings is 2. The molecular formula is C18H16F4N2O3S. The van der Waals surface area contributed by atoms with Crippen molar-refractivity contribution in [1.82, 2.24) is 0 Å². The van der Waals surface area contributed by atoms with E-state index in [1.807, 2.05) is 0 Å². The van der Waals surface area contributed by atoms with Gasteiger partial charge in [0.25, 0.3) is 0 Å². The molecule has 0 radical (unpaired) electrons. The number of ether oxygens (including phenoxy) is 1. The zero-order valence-electron chi connectivity index (χ0n) is 14.3. The topological polar surface area (TPSA) is 98.6 Å². The molecule has 5 N–H and O–H groups in total. The third kappa shape index (κ3) is 5.40. The van der Waals surface area contributed by atoms with E-state index in [0.717, 1.165) is 24.3 Å². The van der Waals surface area contributed by atoms with Gasteiger partial charge in [-0.05, 0) is 54.3 Å². The highest BCUT2D eigenvalue weighted by molar-refractivity contribution is 8.01. The minimum atomic E-state index is -1.11. The van der Waals surface area contributed by atoms with Gasteiger partial charge >= 0.3 is 5.97 Å². The first-order valence-electron chi connectivity index (χ1n) is 7.86. The van der Waals surface area contributed by atoms with E-state index in [4.69, 9.17) is 20.7 Å². The average molecular weight is 416 g/mol. The molecule has 0 saturated heterocycles. The number of carboxylic acid groups (broad SMARTS) is 1. The van der Waals surface area contributed by atoms with Crippen LogP contribution >= 0.6 is 11.9 Å². The van der Waals surface area contributed by atoms with Gasteiger partial charge in [0.2, 0.25) is 0 Å². The van der Waals surface area contributed by atoms with Crippen LogP contribution in [0.25, 0.3) is 5.70 Å². The van der Waals surface area contributed by atoms with Crippen LogP contribution in [0.5, 0.6) is 5.75 Å². The third-order valence-electron chi connectivity index (χ3n) is 3.71. The molecule has 0 aliphatic carbocycles. The minimum Gasteiger partial charge on any atom is -0.482 e. The molecule has 0 aliphatic rings. The van der Waals surface area contributed by atoms with Crippen LogP contribution < -0.4 is 15.6 Å². The SMILES string of the molecule is NS/C(COc1c(F)cc(CCC(=O)O)cc1F)=C(\N)c1ccc(F)c(F)c1. The average Bonchev–Trinajstić information content (AvgIpc) is 2.64. The monoisotopic (exact) mass is 416 g/mol. The van der Waals surface area contributed by atoms with Crippen LogP contribution in [0, 0.1) is 23.3 Å². The fourth-order valence-corrected chi connectivity index (χ4v) is 2.66. The summed E-state index contributed by atoms with van der Waals surface area (Å²) in [5.74, 6) is -5.99. The lowest BCUT2D eigenvalue weighted by Crippen LogP contribution is -2.10. The lowest BCUT2D eigenvalue weighted by molar-refractivity contribution is -0.136. The molecule has 0 bridgehead atoms. The number of hydrogen-bond donors (Lipinski definition) is 3. The molecule has 150 valence electrons. The first-order chi connectivity index (χ1) is 13.2. The molecule has 0 spiro atoms. The fraction of sp³-hybridized carbons (Fsp3) is 0.167. The van der Waals surface area contributed by atoms with Gasteiger partial charge in [-0.1, -0.05) is 0 Å². The Hall–Kier alpha value is -2.72. The highest BCUT2D eigenvalue weighted by Gasteiger charge is 2.16. The summed E-state index contributed by atoms with van der Waals surface area (Å²) in [4.78, 5) is 10.7. The lowest BCUT2D eigenvalue weighted by atomic mass is 10.1. The van der Waals surface area contributed by atoms with Gasteiger partial charge < -0.3 is 15.6 Å².